The molecular formula is C16H18N2O2. The average molecular weight is 270 g/mol. The molecule has 0 aliphatic heterocycles. The van der Waals surface area contributed by atoms with E-state index in [1.807, 2.05) is 55.5 Å². The van der Waals surface area contributed by atoms with Crippen LogP contribution < -0.4 is 15.4 Å². The quantitative estimate of drug-likeness (QED) is 0.878. The van der Waals surface area contributed by atoms with E-state index < -0.39 is 0 Å². The predicted octanol–water partition coefficient (Wildman–Crippen LogP) is 3.05. The molecule has 4 heteroatoms. The van der Waals surface area contributed by atoms with Crippen LogP contribution in [0.5, 0.6) is 5.75 Å². The summed E-state index contributed by atoms with van der Waals surface area (Å²) in [5.74, 6) is 0.677. The highest BCUT2D eigenvalue weighted by Gasteiger charge is 2.02. The minimum absolute atomic E-state index is 0.0873. The number of amides is 1. The Morgan fingerprint density at radius 2 is 1.60 bits per heavy atom. The molecule has 0 bridgehead atoms. The molecule has 0 aliphatic rings. The molecule has 2 rings (SSSR count). The number of carbonyl (C=O) groups is 1. The molecule has 0 unspecified atom stereocenters. The molecule has 0 aliphatic carbocycles. The molecule has 20 heavy (non-hydrogen) atoms. The fourth-order valence-electron chi connectivity index (χ4n) is 1.73. The zero-order chi connectivity index (χ0) is 14.4. The van der Waals surface area contributed by atoms with E-state index in [0.29, 0.717) is 0 Å². The van der Waals surface area contributed by atoms with E-state index in [2.05, 4.69) is 10.6 Å². The summed E-state index contributed by atoms with van der Waals surface area (Å²) in [4.78, 5) is 11.8. The summed E-state index contributed by atoms with van der Waals surface area (Å²) < 4.78 is 5.06. The van der Waals surface area contributed by atoms with E-state index in [0.717, 1.165) is 17.1 Å². The first-order valence-corrected chi connectivity index (χ1v) is 6.42. The van der Waals surface area contributed by atoms with Crippen LogP contribution >= 0.6 is 0 Å². The highest BCUT2D eigenvalue weighted by atomic mass is 16.5. The Morgan fingerprint density at radius 3 is 2.20 bits per heavy atom. The second kappa shape index (κ2) is 6.61. The van der Waals surface area contributed by atoms with Crippen molar-refractivity contribution in [3.05, 3.63) is 54.1 Å². The van der Waals surface area contributed by atoms with Crippen molar-refractivity contribution in [3.8, 4) is 5.75 Å². The number of hydrogen-bond donors (Lipinski definition) is 2. The van der Waals surface area contributed by atoms with E-state index in [4.69, 9.17) is 4.74 Å². The highest BCUT2D eigenvalue weighted by molar-refractivity contribution is 5.93. The van der Waals surface area contributed by atoms with Crippen molar-refractivity contribution in [3.63, 3.8) is 0 Å². The van der Waals surface area contributed by atoms with Gasteiger partial charge in [-0.25, -0.2) is 0 Å². The van der Waals surface area contributed by atoms with E-state index in [9.17, 15) is 4.79 Å². The third kappa shape index (κ3) is 4.02. The van der Waals surface area contributed by atoms with Gasteiger partial charge in [0.25, 0.3) is 0 Å². The van der Waals surface area contributed by atoms with Crippen LogP contribution in [0, 0.1) is 6.92 Å². The predicted molar refractivity (Wildman–Crippen MR) is 81.3 cm³/mol. The molecule has 2 N–H and O–H groups in total. The Bertz CT molecular complexity index is 562. The Balaban J connectivity index is 1.84. The van der Waals surface area contributed by atoms with Crippen molar-refractivity contribution in [2.75, 3.05) is 24.3 Å². The monoisotopic (exact) mass is 270 g/mol. The van der Waals surface area contributed by atoms with Crippen LogP contribution in [0.25, 0.3) is 0 Å². The number of benzene rings is 2. The number of hydrogen-bond acceptors (Lipinski definition) is 3. The minimum Gasteiger partial charge on any atom is -0.497 e. The Labute approximate surface area is 118 Å². The Hall–Kier alpha value is -2.49. The molecule has 0 spiro atoms. The zero-order valence-electron chi connectivity index (χ0n) is 11.6. The average Bonchev–Trinajstić information content (AvgIpc) is 2.47. The van der Waals surface area contributed by atoms with Crippen LogP contribution in [0.1, 0.15) is 5.56 Å². The van der Waals surface area contributed by atoms with Gasteiger partial charge in [-0.2, -0.15) is 0 Å². The van der Waals surface area contributed by atoms with Gasteiger partial charge in [0, 0.05) is 11.4 Å². The second-order valence-corrected chi connectivity index (χ2v) is 4.50. The van der Waals surface area contributed by atoms with Gasteiger partial charge in [-0.3, -0.25) is 4.79 Å². The summed E-state index contributed by atoms with van der Waals surface area (Å²) in [5.41, 5.74) is 2.88. The topological polar surface area (TPSA) is 50.4 Å². The van der Waals surface area contributed by atoms with E-state index in [-0.39, 0.29) is 12.5 Å². The number of rotatable bonds is 5. The van der Waals surface area contributed by atoms with E-state index in [1.54, 1.807) is 7.11 Å². The van der Waals surface area contributed by atoms with Gasteiger partial charge in [0.2, 0.25) is 5.91 Å². The highest BCUT2D eigenvalue weighted by Crippen LogP contribution is 2.15. The van der Waals surface area contributed by atoms with Crippen LogP contribution in [0.4, 0.5) is 11.4 Å². The minimum atomic E-state index is -0.0873. The molecule has 104 valence electrons. The molecule has 0 aromatic heterocycles. The molecule has 4 nitrogen and oxygen atoms in total. The number of ether oxygens (including phenoxy) is 1. The molecular weight excluding hydrogens is 252 g/mol. The first kappa shape index (κ1) is 13.9. The molecule has 0 radical (unpaired) electrons. The van der Waals surface area contributed by atoms with Crippen LogP contribution in [-0.2, 0) is 4.79 Å². The molecule has 2 aromatic rings. The standard InChI is InChI=1S/C16H18N2O2/c1-12-3-5-13(6-4-12)17-11-16(19)18-14-7-9-15(20-2)10-8-14/h3-10,17H,11H2,1-2H3,(H,18,19). The summed E-state index contributed by atoms with van der Waals surface area (Å²) in [6.45, 7) is 2.26. The number of anilines is 2. The van der Waals surface area contributed by atoms with Crippen molar-refractivity contribution in [1.29, 1.82) is 0 Å². The first-order chi connectivity index (χ1) is 9.67. The number of methoxy groups -OCH3 is 1. The maximum Gasteiger partial charge on any atom is 0.243 e. The van der Waals surface area contributed by atoms with Crippen molar-refractivity contribution < 1.29 is 9.53 Å². The molecule has 2 aromatic carbocycles. The van der Waals surface area contributed by atoms with Crippen molar-refractivity contribution in [2.45, 2.75) is 6.92 Å². The van der Waals surface area contributed by atoms with Gasteiger partial charge >= 0.3 is 0 Å². The Kier molecular flexibility index (Phi) is 4.60. The van der Waals surface area contributed by atoms with Gasteiger partial charge in [0.05, 0.1) is 13.7 Å². The van der Waals surface area contributed by atoms with Crippen molar-refractivity contribution >= 4 is 17.3 Å². The van der Waals surface area contributed by atoms with Crippen LogP contribution in [0.3, 0.4) is 0 Å². The van der Waals surface area contributed by atoms with Gasteiger partial charge < -0.3 is 15.4 Å². The van der Waals surface area contributed by atoms with Crippen LogP contribution in [0.15, 0.2) is 48.5 Å². The maximum atomic E-state index is 11.8. The summed E-state index contributed by atoms with van der Waals surface area (Å²) >= 11 is 0. The second-order valence-electron chi connectivity index (χ2n) is 4.50. The third-order valence-electron chi connectivity index (χ3n) is 2.88. The van der Waals surface area contributed by atoms with Crippen LogP contribution in [-0.4, -0.2) is 19.6 Å². The van der Waals surface area contributed by atoms with Crippen molar-refractivity contribution in [2.24, 2.45) is 0 Å². The fraction of sp³-hybridized carbons (Fsp3) is 0.188. The first-order valence-electron chi connectivity index (χ1n) is 6.42. The largest absolute Gasteiger partial charge is 0.497 e. The summed E-state index contributed by atoms with van der Waals surface area (Å²) in [6, 6.07) is 15.1. The third-order valence-corrected chi connectivity index (χ3v) is 2.88. The molecule has 0 fully saturated rings. The lowest BCUT2D eigenvalue weighted by Crippen LogP contribution is -2.21. The van der Waals surface area contributed by atoms with E-state index in [1.165, 1.54) is 5.56 Å². The molecule has 0 heterocycles. The van der Waals surface area contributed by atoms with E-state index >= 15 is 0 Å². The smallest absolute Gasteiger partial charge is 0.243 e. The lowest BCUT2D eigenvalue weighted by Gasteiger charge is -2.08. The summed E-state index contributed by atoms with van der Waals surface area (Å²) in [6.07, 6.45) is 0. The lowest BCUT2D eigenvalue weighted by molar-refractivity contribution is -0.114. The fourth-order valence-corrected chi connectivity index (χ4v) is 1.73. The van der Waals surface area contributed by atoms with Crippen molar-refractivity contribution in [1.82, 2.24) is 0 Å². The summed E-state index contributed by atoms with van der Waals surface area (Å²) in [5, 5.41) is 5.90. The number of aryl methyl sites for hydroxylation is 1. The maximum absolute atomic E-state index is 11.8. The molecule has 0 atom stereocenters. The number of carbonyl (C=O) groups excluding carboxylic acids is 1. The Morgan fingerprint density at radius 1 is 1.00 bits per heavy atom. The van der Waals surface area contributed by atoms with Crippen LogP contribution in [0.2, 0.25) is 0 Å². The molecule has 1 amide bonds. The van der Waals surface area contributed by atoms with Gasteiger partial charge in [-0.1, -0.05) is 17.7 Å². The molecule has 0 saturated heterocycles. The lowest BCUT2D eigenvalue weighted by atomic mass is 10.2. The van der Waals surface area contributed by atoms with Gasteiger partial charge in [0.1, 0.15) is 5.75 Å². The SMILES string of the molecule is COc1ccc(NC(=O)CNc2ccc(C)cc2)cc1. The summed E-state index contributed by atoms with van der Waals surface area (Å²) in [7, 11) is 1.61. The van der Waals surface area contributed by atoms with Gasteiger partial charge in [0.15, 0.2) is 0 Å². The van der Waals surface area contributed by atoms with Gasteiger partial charge in [-0.15, -0.1) is 0 Å². The normalized spacial score (nSPS) is 9.90. The number of nitrogens with one attached hydrogen (secondary N) is 2. The molecule has 0 saturated carbocycles. The van der Waals surface area contributed by atoms with Gasteiger partial charge in [-0.05, 0) is 43.3 Å². The zero-order valence-corrected chi connectivity index (χ0v) is 11.6.